The van der Waals surface area contributed by atoms with Crippen molar-refractivity contribution in [2.75, 3.05) is 13.7 Å². The first-order valence-electron chi connectivity index (χ1n) is 7.11. The average molecular weight is 327 g/mol. The number of thiophene rings is 1. The van der Waals surface area contributed by atoms with E-state index in [2.05, 4.69) is 0 Å². The van der Waals surface area contributed by atoms with Gasteiger partial charge in [0.05, 0.1) is 6.61 Å². The zero-order valence-electron chi connectivity index (χ0n) is 13.0. The Morgan fingerprint density at radius 1 is 1.30 bits per heavy atom. The second-order valence-electron chi connectivity index (χ2n) is 4.91. The highest BCUT2D eigenvalue weighted by atomic mass is 32.1. The van der Waals surface area contributed by atoms with Crippen molar-refractivity contribution in [1.29, 1.82) is 5.26 Å². The van der Waals surface area contributed by atoms with Crippen LogP contribution >= 0.6 is 11.3 Å². The van der Waals surface area contributed by atoms with Gasteiger partial charge in [0.1, 0.15) is 17.7 Å². The summed E-state index contributed by atoms with van der Waals surface area (Å²) in [7, 11) is 1.53. The Kier molecular flexibility index (Phi) is 6.10. The second-order valence-corrected chi connectivity index (χ2v) is 6.02. The lowest BCUT2D eigenvalue weighted by molar-refractivity contribution is -0.145. The summed E-state index contributed by atoms with van der Waals surface area (Å²) in [6.45, 7) is 2.01. The Hall–Kier alpha value is -2.42. The number of carbonyl (C=O) groups is 1. The highest BCUT2D eigenvalue weighted by Gasteiger charge is 2.15. The van der Waals surface area contributed by atoms with Gasteiger partial charge in [0.25, 0.3) is 0 Å². The Bertz CT molecular complexity index is 728. The molecule has 1 aromatic heterocycles. The molecule has 0 aliphatic heterocycles. The van der Waals surface area contributed by atoms with Crippen LogP contribution in [0, 0.1) is 11.3 Å². The lowest BCUT2D eigenvalue weighted by atomic mass is 10.2. The molecule has 2 aromatic rings. The number of methoxy groups -OCH3 is 1. The standard InChI is InChI=1S/C18H17NO3S/c1-13(12-21-2)22-18(20)15(11-19)10-16-8-9-17(23-16)14-6-4-3-5-7-14/h3-10,13H,12H2,1-2H3/b15-10+/t13-/m1/s1. The highest BCUT2D eigenvalue weighted by molar-refractivity contribution is 7.16. The van der Waals surface area contributed by atoms with Gasteiger partial charge in [-0.15, -0.1) is 11.3 Å². The number of hydrogen-bond acceptors (Lipinski definition) is 5. The minimum Gasteiger partial charge on any atom is -0.456 e. The monoisotopic (exact) mass is 327 g/mol. The molecule has 4 nitrogen and oxygen atoms in total. The van der Waals surface area contributed by atoms with E-state index in [-0.39, 0.29) is 5.57 Å². The number of rotatable bonds is 6. The van der Waals surface area contributed by atoms with Crippen LogP contribution in [0.2, 0.25) is 0 Å². The minimum absolute atomic E-state index is 0.0191. The van der Waals surface area contributed by atoms with Crippen LogP contribution in [0.4, 0.5) is 0 Å². The maximum Gasteiger partial charge on any atom is 0.349 e. The van der Waals surface area contributed by atoms with Gasteiger partial charge >= 0.3 is 5.97 Å². The third-order valence-corrected chi connectivity index (χ3v) is 4.10. The van der Waals surface area contributed by atoms with Gasteiger partial charge in [-0.05, 0) is 30.7 Å². The number of esters is 1. The van der Waals surface area contributed by atoms with Gasteiger partial charge < -0.3 is 9.47 Å². The van der Waals surface area contributed by atoms with E-state index in [4.69, 9.17) is 9.47 Å². The fourth-order valence-corrected chi connectivity index (χ4v) is 2.94. The molecule has 0 spiro atoms. The van der Waals surface area contributed by atoms with Crippen molar-refractivity contribution in [3.63, 3.8) is 0 Å². The molecule has 0 saturated carbocycles. The first-order chi connectivity index (χ1) is 11.1. The number of nitriles is 1. The van der Waals surface area contributed by atoms with Crippen molar-refractivity contribution in [3.05, 3.63) is 52.9 Å². The molecule has 1 aromatic carbocycles. The van der Waals surface area contributed by atoms with Crippen LogP contribution in [0.3, 0.4) is 0 Å². The molecule has 0 aliphatic rings. The largest absolute Gasteiger partial charge is 0.456 e. The molecule has 0 saturated heterocycles. The van der Waals surface area contributed by atoms with E-state index in [1.54, 1.807) is 13.0 Å². The van der Waals surface area contributed by atoms with Gasteiger partial charge in [0, 0.05) is 16.9 Å². The molecule has 23 heavy (non-hydrogen) atoms. The molecule has 0 aliphatic carbocycles. The number of ether oxygens (including phenoxy) is 2. The Morgan fingerprint density at radius 2 is 2.04 bits per heavy atom. The summed E-state index contributed by atoms with van der Waals surface area (Å²) < 4.78 is 10.1. The van der Waals surface area contributed by atoms with Gasteiger partial charge in [-0.2, -0.15) is 5.26 Å². The smallest absolute Gasteiger partial charge is 0.349 e. The fourth-order valence-electron chi connectivity index (χ4n) is 1.98. The zero-order chi connectivity index (χ0) is 16.7. The van der Waals surface area contributed by atoms with Gasteiger partial charge in [-0.3, -0.25) is 0 Å². The van der Waals surface area contributed by atoms with Gasteiger partial charge in [0.2, 0.25) is 0 Å². The summed E-state index contributed by atoms with van der Waals surface area (Å²) in [5.41, 5.74) is 1.08. The summed E-state index contributed by atoms with van der Waals surface area (Å²) >= 11 is 1.52. The first kappa shape index (κ1) is 16.9. The Morgan fingerprint density at radius 3 is 2.70 bits per heavy atom. The van der Waals surface area contributed by atoms with E-state index in [0.717, 1.165) is 15.3 Å². The molecule has 0 bridgehead atoms. The number of carbonyl (C=O) groups excluding carboxylic acids is 1. The van der Waals surface area contributed by atoms with Crippen molar-refractivity contribution < 1.29 is 14.3 Å². The van der Waals surface area contributed by atoms with Crippen molar-refractivity contribution in [2.24, 2.45) is 0 Å². The van der Waals surface area contributed by atoms with Crippen LogP contribution in [-0.2, 0) is 14.3 Å². The first-order valence-corrected chi connectivity index (χ1v) is 7.92. The zero-order valence-corrected chi connectivity index (χ0v) is 13.8. The van der Waals surface area contributed by atoms with E-state index in [1.165, 1.54) is 18.4 Å². The third-order valence-electron chi connectivity index (χ3n) is 3.02. The third kappa shape index (κ3) is 4.78. The van der Waals surface area contributed by atoms with Crippen LogP contribution < -0.4 is 0 Å². The molecule has 0 unspecified atom stereocenters. The van der Waals surface area contributed by atoms with Crippen molar-refractivity contribution in [2.45, 2.75) is 13.0 Å². The number of nitrogens with zero attached hydrogens (tertiary/aromatic N) is 1. The van der Waals surface area contributed by atoms with E-state index in [0.29, 0.717) is 6.61 Å². The van der Waals surface area contributed by atoms with Crippen LogP contribution in [0.5, 0.6) is 0 Å². The summed E-state index contributed by atoms with van der Waals surface area (Å²) in [6.07, 6.45) is 1.16. The molecule has 1 heterocycles. The molecular weight excluding hydrogens is 310 g/mol. The molecule has 0 amide bonds. The molecule has 118 valence electrons. The summed E-state index contributed by atoms with van der Waals surface area (Å²) in [4.78, 5) is 13.9. The van der Waals surface area contributed by atoms with Gasteiger partial charge in [-0.1, -0.05) is 30.3 Å². The molecule has 0 N–H and O–H groups in total. The summed E-state index contributed by atoms with van der Waals surface area (Å²) in [6, 6.07) is 15.7. The lowest BCUT2D eigenvalue weighted by Gasteiger charge is -2.11. The van der Waals surface area contributed by atoms with Crippen molar-refractivity contribution in [1.82, 2.24) is 0 Å². The van der Waals surface area contributed by atoms with Crippen molar-refractivity contribution in [3.8, 4) is 16.5 Å². The molecule has 1 atom stereocenters. The van der Waals surface area contributed by atoms with Crippen molar-refractivity contribution >= 4 is 23.4 Å². The molecule has 5 heteroatoms. The second kappa shape index (κ2) is 8.28. The molecular formula is C18H17NO3S. The summed E-state index contributed by atoms with van der Waals surface area (Å²) in [5, 5.41) is 9.18. The van der Waals surface area contributed by atoms with Crippen LogP contribution in [0.15, 0.2) is 48.0 Å². The predicted molar refractivity (Wildman–Crippen MR) is 90.8 cm³/mol. The Labute approximate surface area is 139 Å². The van der Waals surface area contributed by atoms with E-state index in [9.17, 15) is 10.1 Å². The topological polar surface area (TPSA) is 59.3 Å². The SMILES string of the molecule is COC[C@@H](C)OC(=O)/C(C#N)=C/c1ccc(-c2ccccc2)s1. The lowest BCUT2D eigenvalue weighted by Crippen LogP contribution is -2.20. The van der Waals surface area contributed by atoms with E-state index in [1.807, 2.05) is 48.5 Å². The average Bonchev–Trinajstić information content (AvgIpc) is 3.02. The molecule has 2 rings (SSSR count). The van der Waals surface area contributed by atoms with Crippen LogP contribution in [0.25, 0.3) is 16.5 Å². The van der Waals surface area contributed by atoms with E-state index >= 15 is 0 Å². The quantitative estimate of drug-likeness (QED) is 0.459. The maximum atomic E-state index is 12.0. The van der Waals surface area contributed by atoms with Gasteiger partial charge in [0.15, 0.2) is 0 Å². The Balaban J connectivity index is 2.14. The van der Waals surface area contributed by atoms with Gasteiger partial charge in [-0.25, -0.2) is 4.79 Å². The molecule has 0 fully saturated rings. The maximum absolute atomic E-state index is 12.0. The number of benzene rings is 1. The highest BCUT2D eigenvalue weighted by Crippen LogP contribution is 2.29. The van der Waals surface area contributed by atoms with Crippen LogP contribution in [0.1, 0.15) is 11.8 Å². The normalized spacial score (nSPS) is 12.5. The minimum atomic E-state index is -0.633. The van der Waals surface area contributed by atoms with Crippen LogP contribution in [-0.4, -0.2) is 25.8 Å². The van der Waals surface area contributed by atoms with E-state index < -0.39 is 12.1 Å². The number of hydrogen-bond donors (Lipinski definition) is 0. The summed E-state index contributed by atoms with van der Waals surface area (Å²) in [5.74, 6) is -0.633. The predicted octanol–water partition coefficient (Wildman–Crippen LogP) is 3.90. The fraction of sp³-hybridized carbons (Fsp3) is 0.222. The molecule has 0 radical (unpaired) electrons.